The minimum atomic E-state index is -0.695. The van der Waals surface area contributed by atoms with Gasteiger partial charge in [-0.15, -0.1) is 11.6 Å². The first-order valence-electron chi connectivity index (χ1n) is 5.35. The van der Waals surface area contributed by atoms with Gasteiger partial charge in [-0.05, 0) is 19.8 Å². The second-order valence-electron chi connectivity index (χ2n) is 4.14. The molecule has 1 atom stereocenters. The third-order valence-corrected chi connectivity index (χ3v) is 3.01. The van der Waals surface area contributed by atoms with Crippen LogP contribution in [0.25, 0.3) is 0 Å². The van der Waals surface area contributed by atoms with Gasteiger partial charge in [-0.1, -0.05) is 24.3 Å². The van der Waals surface area contributed by atoms with E-state index in [0.29, 0.717) is 31.9 Å². The zero-order valence-electron chi connectivity index (χ0n) is 9.64. The van der Waals surface area contributed by atoms with Gasteiger partial charge in [-0.25, -0.2) is 0 Å². The average Bonchev–Trinajstić information content (AvgIpc) is 2.61. The zero-order chi connectivity index (χ0) is 12.2. The van der Waals surface area contributed by atoms with Crippen LogP contribution in [0.3, 0.4) is 0 Å². The SMILES string of the molecule is C=C(CCl)CC1(C(=O)OCC)CC(=C)CN1. The van der Waals surface area contributed by atoms with Crippen LogP contribution in [0.5, 0.6) is 0 Å². The first-order chi connectivity index (χ1) is 7.54. The van der Waals surface area contributed by atoms with E-state index in [0.717, 1.165) is 11.1 Å². The van der Waals surface area contributed by atoms with Gasteiger partial charge in [0.1, 0.15) is 5.54 Å². The van der Waals surface area contributed by atoms with Gasteiger partial charge >= 0.3 is 5.97 Å². The molecule has 0 radical (unpaired) electrons. The maximum absolute atomic E-state index is 12.0. The number of hydrogen-bond acceptors (Lipinski definition) is 3. The Morgan fingerprint density at radius 2 is 2.38 bits per heavy atom. The van der Waals surface area contributed by atoms with Gasteiger partial charge in [-0.2, -0.15) is 0 Å². The standard InChI is InChI=1S/C12H18ClNO2/c1-4-16-11(15)12(5-9(2)7-13)6-10(3)8-14-12/h14H,2-8H2,1H3. The Morgan fingerprint density at radius 3 is 2.81 bits per heavy atom. The van der Waals surface area contributed by atoms with Crippen molar-refractivity contribution >= 4 is 17.6 Å². The first kappa shape index (κ1) is 13.3. The minimum Gasteiger partial charge on any atom is -0.465 e. The van der Waals surface area contributed by atoms with Gasteiger partial charge < -0.3 is 4.74 Å². The van der Waals surface area contributed by atoms with Crippen LogP contribution in [0.2, 0.25) is 0 Å². The number of hydrogen-bond donors (Lipinski definition) is 1. The molecule has 1 N–H and O–H groups in total. The van der Waals surface area contributed by atoms with Crippen molar-refractivity contribution in [3.05, 3.63) is 24.3 Å². The molecule has 0 aliphatic carbocycles. The summed E-state index contributed by atoms with van der Waals surface area (Å²) in [6.07, 6.45) is 1.11. The van der Waals surface area contributed by atoms with E-state index in [1.165, 1.54) is 0 Å². The van der Waals surface area contributed by atoms with Crippen molar-refractivity contribution in [2.75, 3.05) is 19.0 Å². The van der Waals surface area contributed by atoms with Crippen LogP contribution in [0, 0.1) is 0 Å². The molecule has 4 heteroatoms. The second-order valence-corrected chi connectivity index (χ2v) is 4.41. The van der Waals surface area contributed by atoms with E-state index in [4.69, 9.17) is 16.3 Å². The van der Waals surface area contributed by atoms with Crippen molar-refractivity contribution in [2.45, 2.75) is 25.3 Å². The molecule has 3 nitrogen and oxygen atoms in total. The molecular formula is C12H18ClNO2. The van der Waals surface area contributed by atoms with E-state index in [1.54, 1.807) is 6.92 Å². The summed E-state index contributed by atoms with van der Waals surface area (Å²) in [5.74, 6) is 0.120. The van der Waals surface area contributed by atoms with Crippen LogP contribution in [0.1, 0.15) is 19.8 Å². The normalized spacial score (nSPS) is 24.5. The Bertz CT molecular complexity index is 314. The molecule has 0 spiro atoms. The fraction of sp³-hybridized carbons (Fsp3) is 0.583. The van der Waals surface area contributed by atoms with Gasteiger partial charge in [0, 0.05) is 12.4 Å². The molecular weight excluding hydrogens is 226 g/mol. The lowest BCUT2D eigenvalue weighted by Gasteiger charge is -2.27. The molecule has 1 aliphatic heterocycles. The predicted molar refractivity (Wildman–Crippen MR) is 65.6 cm³/mol. The topological polar surface area (TPSA) is 38.3 Å². The summed E-state index contributed by atoms with van der Waals surface area (Å²) in [6.45, 7) is 10.6. The van der Waals surface area contributed by atoms with E-state index in [9.17, 15) is 4.79 Å². The number of carbonyl (C=O) groups excluding carboxylic acids is 1. The van der Waals surface area contributed by atoms with Crippen molar-refractivity contribution in [1.82, 2.24) is 5.32 Å². The smallest absolute Gasteiger partial charge is 0.327 e. The fourth-order valence-corrected chi connectivity index (χ4v) is 2.03. The molecule has 16 heavy (non-hydrogen) atoms. The molecule has 0 bridgehead atoms. The highest BCUT2D eigenvalue weighted by atomic mass is 35.5. The summed E-state index contributed by atoms with van der Waals surface area (Å²) in [5.41, 5.74) is 1.14. The molecule has 1 heterocycles. The van der Waals surface area contributed by atoms with Crippen molar-refractivity contribution in [2.24, 2.45) is 0 Å². The van der Waals surface area contributed by atoms with Crippen LogP contribution in [0.15, 0.2) is 24.3 Å². The highest BCUT2D eigenvalue weighted by molar-refractivity contribution is 6.19. The summed E-state index contributed by atoms with van der Waals surface area (Å²) < 4.78 is 5.10. The van der Waals surface area contributed by atoms with E-state index in [-0.39, 0.29) is 5.97 Å². The molecule has 0 saturated carbocycles. The van der Waals surface area contributed by atoms with E-state index in [1.807, 2.05) is 0 Å². The van der Waals surface area contributed by atoms with Crippen molar-refractivity contribution in [3.8, 4) is 0 Å². The summed E-state index contributed by atoms with van der Waals surface area (Å²) in [5, 5.41) is 3.18. The summed E-state index contributed by atoms with van der Waals surface area (Å²) in [7, 11) is 0. The maximum atomic E-state index is 12.0. The van der Waals surface area contributed by atoms with Crippen LogP contribution in [-0.2, 0) is 9.53 Å². The van der Waals surface area contributed by atoms with E-state index >= 15 is 0 Å². The van der Waals surface area contributed by atoms with Gasteiger partial charge in [0.05, 0.1) is 6.61 Å². The van der Waals surface area contributed by atoms with Crippen molar-refractivity contribution in [3.63, 3.8) is 0 Å². The Kier molecular flexibility index (Phi) is 4.56. The van der Waals surface area contributed by atoms with Crippen LogP contribution < -0.4 is 5.32 Å². The minimum absolute atomic E-state index is 0.236. The number of rotatable bonds is 5. The van der Waals surface area contributed by atoms with Gasteiger partial charge in [0.25, 0.3) is 0 Å². The predicted octanol–water partition coefficient (Wildman–Crippen LogP) is 2.02. The number of nitrogens with one attached hydrogen (secondary N) is 1. The summed E-state index contributed by atoms with van der Waals surface area (Å²) >= 11 is 5.71. The Labute approximate surface area is 101 Å². The van der Waals surface area contributed by atoms with E-state index in [2.05, 4.69) is 18.5 Å². The lowest BCUT2D eigenvalue weighted by atomic mass is 9.89. The fourth-order valence-electron chi connectivity index (χ4n) is 1.93. The number of halogens is 1. The van der Waals surface area contributed by atoms with Crippen LogP contribution in [-0.4, -0.2) is 30.5 Å². The molecule has 1 saturated heterocycles. The lowest BCUT2D eigenvalue weighted by molar-refractivity contribution is -0.150. The van der Waals surface area contributed by atoms with E-state index < -0.39 is 5.54 Å². The number of alkyl halides is 1. The Hall–Kier alpha value is -0.800. The van der Waals surface area contributed by atoms with Crippen molar-refractivity contribution < 1.29 is 9.53 Å². The monoisotopic (exact) mass is 243 g/mol. The number of carbonyl (C=O) groups is 1. The van der Waals surface area contributed by atoms with Gasteiger partial charge in [-0.3, -0.25) is 10.1 Å². The average molecular weight is 244 g/mol. The Morgan fingerprint density at radius 1 is 1.69 bits per heavy atom. The molecule has 1 aliphatic rings. The zero-order valence-corrected chi connectivity index (χ0v) is 10.4. The Balaban J connectivity index is 2.81. The summed E-state index contributed by atoms with van der Waals surface area (Å²) in [6, 6.07) is 0. The third-order valence-electron chi connectivity index (χ3n) is 2.64. The maximum Gasteiger partial charge on any atom is 0.327 e. The van der Waals surface area contributed by atoms with Crippen LogP contribution >= 0.6 is 11.6 Å². The molecule has 90 valence electrons. The molecule has 0 aromatic heterocycles. The number of esters is 1. The quantitative estimate of drug-likeness (QED) is 0.456. The largest absolute Gasteiger partial charge is 0.465 e. The second kappa shape index (κ2) is 5.51. The highest BCUT2D eigenvalue weighted by Crippen LogP contribution is 2.30. The molecule has 1 fully saturated rings. The van der Waals surface area contributed by atoms with Crippen LogP contribution in [0.4, 0.5) is 0 Å². The first-order valence-corrected chi connectivity index (χ1v) is 5.89. The molecule has 0 aromatic rings. The number of ether oxygens (including phenoxy) is 1. The van der Waals surface area contributed by atoms with Gasteiger partial charge in [0.15, 0.2) is 0 Å². The molecule has 0 amide bonds. The van der Waals surface area contributed by atoms with Crippen molar-refractivity contribution in [1.29, 1.82) is 0 Å². The third kappa shape index (κ3) is 2.86. The molecule has 1 rings (SSSR count). The molecule has 0 aromatic carbocycles. The molecule has 1 unspecified atom stereocenters. The highest BCUT2D eigenvalue weighted by Gasteiger charge is 2.43. The van der Waals surface area contributed by atoms with Gasteiger partial charge in [0.2, 0.25) is 0 Å². The summed E-state index contributed by atoms with van der Waals surface area (Å²) in [4.78, 5) is 12.0. The lowest BCUT2D eigenvalue weighted by Crippen LogP contribution is -2.49.